The summed E-state index contributed by atoms with van der Waals surface area (Å²) in [5, 5.41) is 7.44. The van der Waals surface area contributed by atoms with Crippen LogP contribution < -0.4 is 11.1 Å². The van der Waals surface area contributed by atoms with Gasteiger partial charge in [-0.25, -0.2) is 9.50 Å². The lowest BCUT2D eigenvalue weighted by Crippen LogP contribution is -2.24. The van der Waals surface area contributed by atoms with Crippen molar-refractivity contribution in [1.82, 2.24) is 14.6 Å². The van der Waals surface area contributed by atoms with Crippen LogP contribution >= 0.6 is 0 Å². The zero-order chi connectivity index (χ0) is 12.4. The maximum absolute atomic E-state index is 10.8. The molecule has 2 heterocycles. The van der Waals surface area contributed by atoms with E-state index in [2.05, 4.69) is 15.4 Å². The number of aromatic nitrogens is 3. The van der Waals surface area contributed by atoms with Crippen LogP contribution in [0.3, 0.4) is 0 Å². The fraction of sp³-hybridized carbons (Fsp3) is 0.364. The third-order valence-electron chi connectivity index (χ3n) is 2.40. The van der Waals surface area contributed by atoms with Crippen LogP contribution in [0, 0.1) is 6.92 Å². The fourth-order valence-electron chi connectivity index (χ4n) is 1.74. The maximum atomic E-state index is 10.8. The van der Waals surface area contributed by atoms with E-state index in [-0.39, 0.29) is 18.4 Å². The van der Waals surface area contributed by atoms with E-state index in [1.165, 1.54) is 0 Å². The van der Waals surface area contributed by atoms with E-state index in [1.807, 2.05) is 19.9 Å². The minimum Gasteiger partial charge on any atom is -0.370 e. The van der Waals surface area contributed by atoms with Gasteiger partial charge in [0.2, 0.25) is 5.91 Å². The van der Waals surface area contributed by atoms with Gasteiger partial charge in [0.15, 0.2) is 5.82 Å². The highest BCUT2D eigenvalue weighted by Crippen LogP contribution is 2.15. The van der Waals surface area contributed by atoms with Gasteiger partial charge < -0.3 is 11.1 Å². The molecular weight excluding hydrogens is 218 g/mol. The normalized spacial score (nSPS) is 12.6. The van der Waals surface area contributed by atoms with Crippen molar-refractivity contribution in [1.29, 1.82) is 0 Å². The Morgan fingerprint density at radius 2 is 2.41 bits per heavy atom. The molecule has 0 saturated carbocycles. The van der Waals surface area contributed by atoms with E-state index < -0.39 is 0 Å². The molecule has 1 atom stereocenters. The van der Waals surface area contributed by atoms with Gasteiger partial charge in [-0.3, -0.25) is 4.79 Å². The van der Waals surface area contributed by atoms with Crippen molar-refractivity contribution >= 4 is 17.2 Å². The molecule has 6 nitrogen and oxygen atoms in total. The summed E-state index contributed by atoms with van der Waals surface area (Å²) in [6.45, 7) is 3.81. The van der Waals surface area contributed by atoms with Gasteiger partial charge in [0.05, 0.1) is 5.69 Å². The second-order valence-electron chi connectivity index (χ2n) is 4.11. The third kappa shape index (κ3) is 2.52. The van der Waals surface area contributed by atoms with Gasteiger partial charge in [0.1, 0.15) is 5.52 Å². The van der Waals surface area contributed by atoms with E-state index in [1.54, 1.807) is 16.9 Å². The lowest BCUT2D eigenvalue weighted by molar-refractivity contribution is -0.118. The van der Waals surface area contributed by atoms with Gasteiger partial charge in [-0.2, -0.15) is 5.10 Å². The summed E-state index contributed by atoms with van der Waals surface area (Å²) < 4.78 is 1.75. The average Bonchev–Trinajstić information content (AvgIpc) is 2.58. The molecule has 0 aromatic carbocycles. The number of nitrogens with two attached hydrogens (primary N) is 1. The zero-order valence-electron chi connectivity index (χ0n) is 9.84. The Morgan fingerprint density at radius 1 is 1.65 bits per heavy atom. The van der Waals surface area contributed by atoms with Crippen LogP contribution in [0.2, 0.25) is 0 Å². The summed E-state index contributed by atoms with van der Waals surface area (Å²) in [4.78, 5) is 15.1. The predicted molar refractivity (Wildman–Crippen MR) is 64.6 cm³/mol. The smallest absolute Gasteiger partial charge is 0.219 e. The fourth-order valence-corrected chi connectivity index (χ4v) is 1.74. The van der Waals surface area contributed by atoms with Crippen molar-refractivity contribution in [2.45, 2.75) is 26.3 Å². The van der Waals surface area contributed by atoms with Crippen LogP contribution in [0.5, 0.6) is 0 Å². The number of nitrogens with one attached hydrogen (secondary N) is 1. The molecule has 90 valence electrons. The molecule has 0 aliphatic heterocycles. The Hall–Kier alpha value is -2.11. The van der Waals surface area contributed by atoms with Gasteiger partial charge in [-0.15, -0.1) is 0 Å². The molecule has 0 spiro atoms. The van der Waals surface area contributed by atoms with Gasteiger partial charge in [0.25, 0.3) is 0 Å². The number of anilines is 1. The minimum absolute atomic E-state index is 0.0543. The first-order chi connectivity index (χ1) is 8.06. The molecule has 1 unspecified atom stereocenters. The Balaban J connectivity index is 2.26. The standard InChI is InChI=1S/C11H15N5O/c1-7(6-10(12)17)14-11-9-5-8(2)15-16(9)4-3-13-11/h3-5,7H,6H2,1-2H3,(H2,12,17)(H,13,14). The first kappa shape index (κ1) is 11.4. The van der Waals surface area contributed by atoms with Crippen molar-refractivity contribution in [2.24, 2.45) is 5.73 Å². The number of fused-ring (bicyclic) bond motifs is 1. The molecule has 0 fully saturated rings. The number of nitrogens with zero attached hydrogens (tertiary/aromatic N) is 3. The Bertz CT molecular complexity index is 548. The molecule has 1 amide bonds. The van der Waals surface area contributed by atoms with E-state index in [9.17, 15) is 4.79 Å². The lowest BCUT2D eigenvalue weighted by atomic mass is 10.2. The first-order valence-corrected chi connectivity index (χ1v) is 5.42. The van der Waals surface area contributed by atoms with Crippen molar-refractivity contribution in [2.75, 3.05) is 5.32 Å². The number of carbonyl (C=O) groups is 1. The van der Waals surface area contributed by atoms with E-state index in [0.29, 0.717) is 5.82 Å². The molecule has 2 rings (SSSR count). The van der Waals surface area contributed by atoms with Gasteiger partial charge in [-0.1, -0.05) is 0 Å². The minimum atomic E-state index is -0.332. The highest BCUT2D eigenvalue weighted by molar-refractivity contribution is 5.75. The van der Waals surface area contributed by atoms with Crippen LogP contribution in [0.4, 0.5) is 5.82 Å². The van der Waals surface area contributed by atoms with E-state index in [0.717, 1.165) is 11.2 Å². The van der Waals surface area contributed by atoms with Crippen molar-refractivity contribution in [3.05, 3.63) is 24.2 Å². The molecular formula is C11H15N5O. The number of aryl methyl sites for hydroxylation is 1. The van der Waals surface area contributed by atoms with Crippen molar-refractivity contribution < 1.29 is 4.79 Å². The van der Waals surface area contributed by atoms with E-state index in [4.69, 9.17) is 5.73 Å². The highest BCUT2D eigenvalue weighted by atomic mass is 16.1. The van der Waals surface area contributed by atoms with Crippen molar-refractivity contribution in [3.63, 3.8) is 0 Å². The van der Waals surface area contributed by atoms with Crippen molar-refractivity contribution in [3.8, 4) is 0 Å². The molecule has 0 bridgehead atoms. The monoisotopic (exact) mass is 233 g/mol. The molecule has 6 heteroatoms. The molecule has 0 aliphatic carbocycles. The summed E-state index contributed by atoms with van der Waals surface area (Å²) in [6.07, 6.45) is 3.72. The summed E-state index contributed by atoms with van der Waals surface area (Å²) >= 11 is 0. The third-order valence-corrected chi connectivity index (χ3v) is 2.40. The highest BCUT2D eigenvalue weighted by Gasteiger charge is 2.10. The lowest BCUT2D eigenvalue weighted by Gasteiger charge is -2.13. The van der Waals surface area contributed by atoms with E-state index >= 15 is 0 Å². The van der Waals surface area contributed by atoms with Crippen LogP contribution in [-0.2, 0) is 4.79 Å². The summed E-state index contributed by atoms with van der Waals surface area (Å²) in [7, 11) is 0. The number of amides is 1. The summed E-state index contributed by atoms with van der Waals surface area (Å²) in [6, 6.07) is 1.88. The van der Waals surface area contributed by atoms with Crippen LogP contribution in [0.15, 0.2) is 18.5 Å². The Labute approximate surface area is 98.8 Å². The Kier molecular flexibility index (Phi) is 2.95. The number of hydrogen-bond acceptors (Lipinski definition) is 4. The number of carbonyl (C=O) groups excluding carboxylic acids is 1. The Morgan fingerprint density at radius 3 is 3.12 bits per heavy atom. The molecule has 0 saturated heterocycles. The van der Waals surface area contributed by atoms with Gasteiger partial charge in [0, 0.05) is 24.9 Å². The number of rotatable bonds is 4. The zero-order valence-corrected chi connectivity index (χ0v) is 9.84. The number of primary amides is 1. The van der Waals surface area contributed by atoms with Gasteiger partial charge >= 0.3 is 0 Å². The molecule has 2 aromatic heterocycles. The quantitative estimate of drug-likeness (QED) is 0.814. The SMILES string of the molecule is Cc1cc2c(NC(C)CC(N)=O)nccn2n1. The van der Waals surface area contributed by atoms with Crippen LogP contribution in [0.25, 0.3) is 5.52 Å². The molecule has 17 heavy (non-hydrogen) atoms. The second-order valence-corrected chi connectivity index (χ2v) is 4.11. The largest absolute Gasteiger partial charge is 0.370 e. The maximum Gasteiger partial charge on any atom is 0.219 e. The molecule has 2 aromatic rings. The molecule has 0 radical (unpaired) electrons. The van der Waals surface area contributed by atoms with Gasteiger partial charge in [-0.05, 0) is 19.9 Å². The van der Waals surface area contributed by atoms with Crippen LogP contribution in [-0.4, -0.2) is 26.5 Å². The second kappa shape index (κ2) is 4.40. The average molecular weight is 233 g/mol. The topological polar surface area (TPSA) is 85.3 Å². The molecule has 0 aliphatic rings. The van der Waals surface area contributed by atoms with Crippen LogP contribution in [0.1, 0.15) is 19.0 Å². The predicted octanol–water partition coefficient (Wildman–Crippen LogP) is 0.714. The summed E-state index contributed by atoms with van der Waals surface area (Å²) in [5.74, 6) is 0.378. The summed E-state index contributed by atoms with van der Waals surface area (Å²) in [5.41, 5.74) is 6.96. The molecule has 3 N–H and O–H groups in total. The first-order valence-electron chi connectivity index (χ1n) is 5.42. The number of hydrogen-bond donors (Lipinski definition) is 2.